The van der Waals surface area contributed by atoms with Crippen LogP contribution in [0.4, 0.5) is 5.69 Å². The number of para-hydroxylation sites is 1. The van der Waals surface area contributed by atoms with E-state index in [4.69, 9.17) is 10.5 Å². The minimum absolute atomic E-state index is 0.417. The first-order valence-corrected chi connectivity index (χ1v) is 7.65. The van der Waals surface area contributed by atoms with Gasteiger partial charge in [0.2, 0.25) is 0 Å². The number of hydrogen-bond acceptors (Lipinski definition) is 3. The van der Waals surface area contributed by atoms with Crippen molar-refractivity contribution in [1.82, 2.24) is 9.78 Å². The van der Waals surface area contributed by atoms with Crippen LogP contribution in [0.2, 0.25) is 0 Å². The van der Waals surface area contributed by atoms with E-state index in [2.05, 4.69) is 34.9 Å². The Labute approximate surface area is 128 Å². The van der Waals surface area contributed by atoms with Gasteiger partial charge in [-0.05, 0) is 47.0 Å². The van der Waals surface area contributed by atoms with Gasteiger partial charge in [-0.1, -0.05) is 19.9 Å². The lowest BCUT2D eigenvalue weighted by Crippen LogP contribution is -2.08. The molecule has 2 rings (SSSR count). The fourth-order valence-corrected chi connectivity index (χ4v) is 2.64. The lowest BCUT2D eigenvalue weighted by molar-refractivity contribution is 0.297. The zero-order valence-corrected chi connectivity index (χ0v) is 13.4. The lowest BCUT2D eigenvalue weighted by Gasteiger charge is -2.12. The highest BCUT2D eigenvalue weighted by molar-refractivity contribution is 9.10. The predicted molar refractivity (Wildman–Crippen MR) is 84.7 cm³/mol. The van der Waals surface area contributed by atoms with Gasteiger partial charge in [0.25, 0.3) is 0 Å². The zero-order valence-electron chi connectivity index (χ0n) is 11.8. The number of ether oxygens (including phenoxy) is 1. The second-order valence-corrected chi connectivity index (χ2v) is 5.56. The smallest absolute Gasteiger partial charge is 0.156 e. The van der Waals surface area contributed by atoms with Crippen molar-refractivity contribution < 1.29 is 4.74 Å². The van der Waals surface area contributed by atoms with Gasteiger partial charge in [-0.25, -0.2) is 0 Å². The molecule has 1 heterocycles. The number of nitrogens with two attached hydrogens (primary N) is 1. The summed E-state index contributed by atoms with van der Waals surface area (Å²) in [6.45, 7) is 4.77. The molecule has 0 bridgehead atoms. The Morgan fingerprint density at radius 2 is 2.05 bits per heavy atom. The van der Waals surface area contributed by atoms with E-state index in [0.717, 1.165) is 23.0 Å². The van der Waals surface area contributed by atoms with Crippen molar-refractivity contribution in [2.75, 3.05) is 5.73 Å². The van der Waals surface area contributed by atoms with Crippen LogP contribution in [0.5, 0.6) is 5.75 Å². The van der Waals surface area contributed by atoms with Crippen LogP contribution < -0.4 is 10.5 Å². The van der Waals surface area contributed by atoms with Gasteiger partial charge < -0.3 is 10.5 Å². The summed E-state index contributed by atoms with van der Waals surface area (Å²) in [7, 11) is 0. The monoisotopic (exact) mass is 337 g/mol. The second-order valence-electron chi connectivity index (χ2n) is 4.70. The van der Waals surface area contributed by atoms with Gasteiger partial charge >= 0.3 is 0 Å². The van der Waals surface area contributed by atoms with E-state index in [9.17, 15) is 0 Å². The van der Waals surface area contributed by atoms with Crippen molar-refractivity contribution in [3.63, 3.8) is 0 Å². The molecule has 2 aromatic rings. The minimum Gasteiger partial charge on any atom is -0.484 e. The Bertz CT molecular complexity index is 544. The molecular weight excluding hydrogens is 318 g/mol. The molecule has 0 spiro atoms. The molecule has 0 unspecified atom stereocenters. The third-order valence-electron chi connectivity index (χ3n) is 3.34. The number of halogens is 1. The number of hydrogen-bond donors (Lipinski definition) is 1. The summed E-state index contributed by atoms with van der Waals surface area (Å²) in [4.78, 5) is 0. The van der Waals surface area contributed by atoms with Crippen molar-refractivity contribution in [3.8, 4) is 5.75 Å². The first-order valence-electron chi connectivity index (χ1n) is 6.86. The van der Waals surface area contributed by atoms with Crippen molar-refractivity contribution in [2.45, 2.75) is 39.3 Å². The van der Waals surface area contributed by atoms with Gasteiger partial charge in [0.15, 0.2) is 5.75 Å². The highest BCUT2D eigenvalue weighted by Gasteiger charge is 2.10. The Morgan fingerprint density at radius 3 is 2.70 bits per heavy atom. The number of nitrogens with zero attached hydrogens (tertiary/aromatic N) is 2. The summed E-state index contributed by atoms with van der Waals surface area (Å²) in [5.74, 6) is 0.671. The summed E-state index contributed by atoms with van der Waals surface area (Å²) in [6, 6.07) is 8.06. The van der Waals surface area contributed by atoms with Gasteiger partial charge in [0, 0.05) is 6.20 Å². The highest BCUT2D eigenvalue weighted by atomic mass is 79.9. The summed E-state index contributed by atoms with van der Waals surface area (Å²) < 4.78 is 8.64. The lowest BCUT2D eigenvalue weighted by atomic mass is 10.2. The summed E-state index contributed by atoms with van der Waals surface area (Å²) in [6.07, 6.45) is 4.17. The second kappa shape index (κ2) is 6.79. The maximum Gasteiger partial charge on any atom is 0.156 e. The summed E-state index contributed by atoms with van der Waals surface area (Å²) in [5, 5.41) is 4.56. The Kier molecular flexibility index (Phi) is 5.06. The average Bonchev–Trinajstić information content (AvgIpc) is 2.88. The molecule has 0 aliphatic heterocycles. The van der Waals surface area contributed by atoms with Crippen LogP contribution in [-0.4, -0.2) is 9.78 Å². The van der Waals surface area contributed by atoms with Crippen molar-refractivity contribution >= 4 is 21.6 Å². The standard InChI is InChI=1S/C15H20BrN3O/c1-3-12(4-2)19-9-8-11(18-19)10-20-15-13(16)6-5-7-14(15)17/h5-9,12H,3-4,10,17H2,1-2H3. The molecule has 0 amide bonds. The van der Waals surface area contributed by atoms with Gasteiger partial charge in [0.05, 0.1) is 21.9 Å². The van der Waals surface area contributed by atoms with E-state index < -0.39 is 0 Å². The van der Waals surface area contributed by atoms with Gasteiger partial charge in [-0.15, -0.1) is 0 Å². The van der Waals surface area contributed by atoms with Crippen LogP contribution in [0.15, 0.2) is 34.9 Å². The van der Waals surface area contributed by atoms with Gasteiger partial charge in [0.1, 0.15) is 6.61 Å². The summed E-state index contributed by atoms with van der Waals surface area (Å²) >= 11 is 3.44. The predicted octanol–water partition coefficient (Wildman–Crippen LogP) is 4.17. The molecule has 1 aromatic carbocycles. The third-order valence-corrected chi connectivity index (χ3v) is 3.97. The number of benzene rings is 1. The van der Waals surface area contributed by atoms with Crippen LogP contribution in [0.1, 0.15) is 38.4 Å². The van der Waals surface area contributed by atoms with E-state index in [0.29, 0.717) is 24.1 Å². The minimum atomic E-state index is 0.417. The largest absolute Gasteiger partial charge is 0.484 e. The number of rotatable bonds is 6. The van der Waals surface area contributed by atoms with E-state index in [-0.39, 0.29) is 0 Å². The maximum absolute atomic E-state index is 5.90. The fourth-order valence-electron chi connectivity index (χ4n) is 2.14. The summed E-state index contributed by atoms with van der Waals surface area (Å²) in [5.41, 5.74) is 7.43. The Hall–Kier alpha value is -1.49. The van der Waals surface area contributed by atoms with Crippen LogP contribution in [0.3, 0.4) is 0 Å². The topological polar surface area (TPSA) is 53.1 Å². The Morgan fingerprint density at radius 1 is 1.30 bits per heavy atom. The first kappa shape index (κ1) is 14.9. The van der Waals surface area contributed by atoms with Crippen LogP contribution >= 0.6 is 15.9 Å². The van der Waals surface area contributed by atoms with Crippen molar-refractivity contribution in [1.29, 1.82) is 0 Å². The molecule has 0 fully saturated rings. The number of aromatic nitrogens is 2. The number of nitrogen functional groups attached to an aromatic ring is 1. The average molecular weight is 338 g/mol. The van der Waals surface area contributed by atoms with Crippen LogP contribution in [0.25, 0.3) is 0 Å². The van der Waals surface area contributed by atoms with Crippen LogP contribution in [-0.2, 0) is 6.61 Å². The highest BCUT2D eigenvalue weighted by Crippen LogP contribution is 2.31. The molecule has 0 atom stereocenters. The number of anilines is 1. The molecule has 0 aliphatic carbocycles. The molecule has 5 heteroatoms. The van der Waals surface area contributed by atoms with Crippen LogP contribution in [0, 0.1) is 0 Å². The van der Waals surface area contributed by atoms with Gasteiger partial charge in [-0.2, -0.15) is 5.10 Å². The van der Waals surface area contributed by atoms with E-state index in [1.807, 2.05) is 35.1 Å². The van der Waals surface area contributed by atoms with Crippen molar-refractivity contribution in [2.24, 2.45) is 0 Å². The molecule has 0 saturated heterocycles. The quantitative estimate of drug-likeness (QED) is 0.805. The molecule has 2 N–H and O–H groups in total. The fraction of sp³-hybridized carbons (Fsp3) is 0.400. The van der Waals surface area contributed by atoms with E-state index >= 15 is 0 Å². The maximum atomic E-state index is 5.90. The molecule has 108 valence electrons. The molecule has 4 nitrogen and oxygen atoms in total. The molecule has 0 aliphatic rings. The van der Waals surface area contributed by atoms with Crippen molar-refractivity contribution in [3.05, 3.63) is 40.6 Å². The molecule has 0 saturated carbocycles. The molecule has 0 radical (unpaired) electrons. The Balaban J connectivity index is 2.05. The van der Waals surface area contributed by atoms with Gasteiger partial charge in [-0.3, -0.25) is 4.68 Å². The van der Waals surface area contributed by atoms with E-state index in [1.54, 1.807) is 0 Å². The molecule has 20 heavy (non-hydrogen) atoms. The first-order chi connectivity index (χ1) is 9.65. The third kappa shape index (κ3) is 3.33. The zero-order chi connectivity index (χ0) is 14.5. The normalized spacial score (nSPS) is 11.0. The molecular formula is C15H20BrN3O. The SMILES string of the molecule is CCC(CC)n1ccc(COc2c(N)cccc2Br)n1. The molecule has 1 aromatic heterocycles. The van der Waals surface area contributed by atoms with E-state index in [1.165, 1.54) is 0 Å².